The van der Waals surface area contributed by atoms with Crippen molar-refractivity contribution < 1.29 is 5.21 Å². The van der Waals surface area contributed by atoms with Crippen LogP contribution in [0.25, 0.3) is 0 Å². The molecule has 0 heterocycles. The van der Waals surface area contributed by atoms with Crippen molar-refractivity contribution in [2.75, 3.05) is 11.9 Å². The van der Waals surface area contributed by atoms with Gasteiger partial charge in [-0.05, 0) is 12.1 Å². The molecule has 0 fully saturated rings. The molecular formula is C10H15N3O. The third kappa shape index (κ3) is 2.97. The van der Waals surface area contributed by atoms with E-state index < -0.39 is 0 Å². The molecule has 1 atom stereocenters. The van der Waals surface area contributed by atoms with Gasteiger partial charge < -0.3 is 16.3 Å². The van der Waals surface area contributed by atoms with Crippen molar-refractivity contribution in [1.29, 1.82) is 0 Å². The zero-order valence-corrected chi connectivity index (χ0v) is 8.14. The van der Waals surface area contributed by atoms with Gasteiger partial charge in [-0.25, -0.2) is 0 Å². The summed E-state index contributed by atoms with van der Waals surface area (Å²) >= 11 is 0. The minimum absolute atomic E-state index is 0.0141. The smallest absolute Gasteiger partial charge is 0.143 e. The van der Waals surface area contributed by atoms with Crippen LogP contribution in [-0.4, -0.2) is 17.6 Å². The van der Waals surface area contributed by atoms with Crippen molar-refractivity contribution in [1.82, 2.24) is 0 Å². The first-order valence-corrected chi connectivity index (χ1v) is 4.50. The molecule has 1 aromatic carbocycles. The number of nitrogens with two attached hydrogens (primary N) is 1. The van der Waals surface area contributed by atoms with Crippen LogP contribution in [0, 0.1) is 5.92 Å². The van der Waals surface area contributed by atoms with E-state index in [0.29, 0.717) is 6.54 Å². The van der Waals surface area contributed by atoms with Gasteiger partial charge in [0.15, 0.2) is 0 Å². The van der Waals surface area contributed by atoms with Crippen LogP contribution in [0.1, 0.15) is 6.92 Å². The zero-order valence-electron chi connectivity index (χ0n) is 8.14. The Morgan fingerprint density at radius 2 is 2.14 bits per heavy atom. The average molecular weight is 193 g/mol. The van der Waals surface area contributed by atoms with Crippen LogP contribution >= 0.6 is 0 Å². The Bertz CT molecular complexity index is 297. The molecule has 0 aromatic heterocycles. The molecular weight excluding hydrogens is 178 g/mol. The van der Waals surface area contributed by atoms with Crippen molar-refractivity contribution >= 4 is 11.5 Å². The van der Waals surface area contributed by atoms with Gasteiger partial charge in [-0.1, -0.05) is 30.3 Å². The van der Waals surface area contributed by atoms with Crippen molar-refractivity contribution in [2.24, 2.45) is 16.8 Å². The van der Waals surface area contributed by atoms with E-state index in [0.717, 1.165) is 5.69 Å². The summed E-state index contributed by atoms with van der Waals surface area (Å²) in [4.78, 5) is 0. The Balaban J connectivity index is 2.42. The van der Waals surface area contributed by atoms with Gasteiger partial charge in [-0.3, -0.25) is 0 Å². The molecule has 0 bridgehead atoms. The quantitative estimate of drug-likeness (QED) is 0.293. The summed E-state index contributed by atoms with van der Waals surface area (Å²) < 4.78 is 0. The number of anilines is 1. The van der Waals surface area contributed by atoms with Gasteiger partial charge in [0, 0.05) is 18.2 Å². The van der Waals surface area contributed by atoms with E-state index in [9.17, 15) is 0 Å². The number of benzene rings is 1. The average Bonchev–Trinajstić information content (AvgIpc) is 2.26. The number of nitrogens with one attached hydrogen (secondary N) is 1. The van der Waals surface area contributed by atoms with Gasteiger partial charge in [0.25, 0.3) is 0 Å². The summed E-state index contributed by atoms with van der Waals surface area (Å²) in [6, 6.07) is 9.81. The maximum atomic E-state index is 8.44. The van der Waals surface area contributed by atoms with E-state index in [-0.39, 0.29) is 11.8 Å². The molecule has 1 aromatic rings. The summed E-state index contributed by atoms with van der Waals surface area (Å²) in [6.45, 7) is 2.55. The molecule has 0 aliphatic heterocycles. The van der Waals surface area contributed by atoms with E-state index in [2.05, 4.69) is 10.5 Å². The molecule has 0 amide bonds. The Morgan fingerprint density at radius 1 is 1.50 bits per heavy atom. The second kappa shape index (κ2) is 5.11. The number of nitrogens with zero attached hydrogens (tertiary/aromatic N) is 1. The molecule has 0 saturated heterocycles. The van der Waals surface area contributed by atoms with E-state index in [1.807, 2.05) is 37.3 Å². The van der Waals surface area contributed by atoms with Gasteiger partial charge in [0.05, 0.1) is 0 Å². The van der Waals surface area contributed by atoms with Gasteiger partial charge in [-0.15, -0.1) is 0 Å². The number of hydrogen-bond donors (Lipinski definition) is 3. The molecule has 0 spiro atoms. The van der Waals surface area contributed by atoms with Gasteiger partial charge in [-0.2, -0.15) is 0 Å². The standard InChI is InChI=1S/C10H15N3O/c1-8(10(11)13-14)7-12-9-5-3-2-4-6-9/h2-6,8,12,14H,7H2,1H3,(H2,11,13). The highest BCUT2D eigenvalue weighted by molar-refractivity contribution is 5.82. The van der Waals surface area contributed by atoms with Crippen molar-refractivity contribution in [2.45, 2.75) is 6.92 Å². The van der Waals surface area contributed by atoms with Crippen LogP contribution in [0.15, 0.2) is 35.5 Å². The minimum atomic E-state index is 0.0141. The predicted molar refractivity (Wildman–Crippen MR) is 57.5 cm³/mol. The fourth-order valence-electron chi connectivity index (χ4n) is 1.03. The monoisotopic (exact) mass is 193 g/mol. The lowest BCUT2D eigenvalue weighted by Crippen LogP contribution is -2.27. The Hall–Kier alpha value is -1.71. The molecule has 0 radical (unpaired) electrons. The van der Waals surface area contributed by atoms with E-state index in [4.69, 9.17) is 10.9 Å². The van der Waals surface area contributed by atoms with Crippen LogP contribution in [0.4, 0.5) is 5.69 Å². The molecule has 4 nitrogen and oxygen atoms in total. The summed E-state index contributed by atoms with van der Waals surface area (Å²) in [5.41, 5.74) is 6.47. The van der Waals surface area contributed by atoms with E-state index >= 15 is 0 Å². The Kier molecular flexibility index (Phi) is 3.79. The minimum Gasteiger partial charge on any atom is -0.409 e. The maximum Gasteiger partial charge on any atom is 0.143 e. The lowest BCUT2D eigenvalue weighted by Gasteiger charge is -2.11. The molecule has 0 aliphatic carbocycles. The summed E-state index contributed by atoms with van der Waals surface area (Å²) in [5, 5.41) is 14.6. The number of rotatable bonds is 4. The first kappa shape index (κ1) is 10.4. The van der Waals surface area contributed by atoms with Crippen molar-refractivity contribution in [3.8, 4) is 0 Å². The third-order valence-electron chi connectivity index (χ3n) is 2.01. The van der Waals surface area contributed by atoms with Crippen LogP contribution < -0.4 is 11.1 Å². The second-order valence-corrected chi connectivity index (χ2v) is 3.17. The summed E-state index contributed by atoms with van der Waals surface area (Å²) in [6.07, 6.45) is 0. The zero-order chi connectivity index (χ0) is 10.4. The largest absolute Gasteiger partial charge is 0.409 e. The Morgan fingerprint density at radius 3 is 2.71 bits per heavy atom. The topological polar surface area (TPSA) is 70.6 Å². The second-order valence-electron chi connectivity index (χ2n) is 3.17. The molecule has 4 N–H and O–H groups in total. The lowest BCUT2D eigenvalue weighted by molar-refractivity contribution is 0.315. The third-order valence-corrected chi connectivity index (χ3v) is 2.01. The van der Waals surface area contributed by atoms with Gasteiger partial charge in [0.2, 0.25) is 0 Å². The first-order chi connectivity index (χ1) is 6.74. The molecule has 0 saturated carbocycles. The SMILES string of the molecule is CC(CNc1ccccc1)/C(N)=N/O. The number of para-hydroxylation sites is 1. The van der Waals surface area contributed by atoms with Crippen LogP contribution in [0.3, 0.4) is 0 Å². The number of hydrogen-bond acceptors (Lipinski definition) is 3. The Labute approximate surface area is 83.4 Å². The van der Waals surface area contributed by atoms with Crippen LogP contribution in [0.5, 0.6) is 0 Å². The maximum absolute atomic E-state index is 8.44. The number of oxime groups is 1. The van der Waals surface area contributed by atoms with Crippen LogP contribution in [-0.2, 0) is 0 Å². The van der Waals surface area contributed by atoms with E-state index in [1.54, 1.807) is 0 Å². The highest BCUT2D eigenvalue weighted by Crippen LogP contribution is 2.06. The van der Waals surface area contributed by atoms with Crippen molar-refractivity contribution in [3.05, 3.63) is 30.3 Å². The van der Waals surface area contributed by atoms with E-state index in [1.165, 1.54) is 0 Å². The highest BCUT2D eigenvalue weighted by atomic mass is 16.4. The highest BCUT2D eigenvalue weighted by Gasteiger charge is 2.06. The molecule has 14 heavy (non-hydrogen) atoms. The summed E-state index contributed by atoms with van der Waals surface area (Å²) in [7, 11) is 0. The number of amidine groups is 1. The first-order valence-electron chi connectivity index (χ1n) is 4.50. The molecule has 1 rings (SSSR count). The molecule has 1 unspecified atom stereocenters. The fraction of sp³-hybridized carbons (Fsp3) is 0.300. The normalized spacial score (nSPS) is 13.6. The molecule has 4 heteroatoms. The van der Waals surface area contributed by atoms with Gasteiger partial charge in [0.1, 0.15) is 5.84 Å². The van der Waals surface area contributed by atoms with Gasteiger partial charge >= 0.3 is 0 Å². The van der Waals surface area contributed by atoms with Crippen molar-refractivity contribution in [3.63, 3.8) is 0 Å². The van der Waals surface area contributed by atoms with Crippen LogP contribution in [0.2, 0.25) is 0 Å². The molecule has 0 aliphatic rings. The molecule has 76 valence electrons. The predicted octanol–water partition coefficient (Wildman–Crippen LogP) is 1.48. The summed E-state index contributed by atoms with van der Waals surface area (Å²) in [5.74, 6) is 0.258. The lowest BCUT2D eigenvalue weighted by atomic mass is 10.1. The fourth-order valence-corrected chi connectivity index (χ4v) is 1.03.